The minimum Gasteiger partial charge on any atom is -0.300 e. The largest absolute Gasteiger partial charge is 0.300 e. The molecule has 1 aromatic rings. The zero-order valence-electron chi connectivity index (χ0n) is 10.8. The Morgan fingerprint density at radius 3 is 2.84 bits per heavy atom. The predicted octanol–water partition coefficient (Wildman–Crippen LogP) is 3.21. The Morgan fingerprint density at radius 2 is 2.11 bits per heavy atom. The number of aliphatic imine (C=N–C) groups is 1. The third-order valence-corrected chi connectivity index (χ3v) is 3.54. The van der Waals surface area contributed by atoms with E-state index in [1.807, 2.05) is 42.5 Å². The summed E-state index contributed by atoms with van der Waals surface area (Å²) in [6.45, 7) is 2.10. The molecule has 0 unspecified atom stereocenters. The molecule has 0 atom stereocenters. The van der Waals surface area contributed by atoms with E-state index in [1.54, 1.807) is 17.8 Å². The van der Waals surface area contributed by atoms with Crippen molar-refractivity contribution >= 4 is 28.9 Å². The first-order valence-corrected chi connectivity index (χ1v) is 7.24. The summed E-state index contributed by atoms with van der Waals surface area (Å²) in [6, 6.07) is 9.95. The molecule has 0 radical (unpaired) electrons. The summed E-state index contributed by atoms with van der Waals surface area (Å²) < 4.78 is 0. The fourth-order valence-electron chi connectivity index (χ4n) is 1.54. The van der Waals surface area contributed by atoms with Gasteiger partial charge in [-0.2, -0.15) is 0 Å². The lowest BCUT2D eigenvalue weighted by atomic mass is 10.2. The van der Waals surface area contributed by atoms with E-state index in [9.17, 15) is 4.79 Å². The molecule has 2 rings (SSSR count). The Kier molecular flexibility index (Phi) is 4.98. The fraction of sp³-hybridized carbons (Fsp3) is 0.200. The minimum absolute atomic E-state index is 0.128. The lowest BCUT2D eigenvalue weighted by Crippen LogP contribution is -2.21. The molecular weight excluding hydrogens is 256 g/mol. The number of nitrogens with zero attached hydrogens (tertiary/aromatic N) is 1. The van der Waals surface area contributed by atoms with E-state index in [0.29, 0.717) is 10.9 Å². The highest BCUT2D eigenvalue weighted by Gasteiger charge is 2.18. The van der Waals surface area contributed by atoms with Crippen molar-refractivity contribution in [2.45, 2.75) is 13.3 Å². The highest BCUT2D eigenvalue weighted by molar-refractivity contribution is 8.13. The lowest BCUT2D eigenvalue weighted by Gasteiger charge is -1.95. The van der Waals surface area contributed by atoms with Crippen molar-refractivity contribution in [2.24, 2.45) is 4.99 Å². The summed E-state index contributed by atoms with van der Waals surface area (Å²) in [6.07, 6.45) is 6.60. The Morgan fingerprint density at radius 1 is 1.32 bits per heavy atom. The molecule has 0 spiro atoms. The van der Waals surface area contributed by atoms with Gasteiger partial charge in [0.15, 0.2) is 5.17 Å². The van der Waals surface area contributed by atoms with E-state index in [0.717, 1.165) is 17.7 Å². The highest BCUT2D eigenvalue weighted by atomic mass is 32.2. The molecule has 0 saturated heterocycles. The topological polar surface area (TPSA) is 41.5 Å². The molecule has 0 aliphatic carbocycles. The van der Waals surface area contributed by atoms with Crippen molar-refractivity contribution in [3.8, 4) is 0 Å². The maximum Gasteiger partial charge on any atom is 0.275 e. The first kappa shape index (κ1) is 13.6. The number of amides is 1. The van der Waals surface area contributed by atoms with Crippen LogP contribution in [0.5, 0.6) is 0 Å². The van der Waals surface area contributed by atoms with Crippen molar-refractivity contribution in [3.63, 3.8) is 0 Å². The molecule has 1 amide bonds. The van der Waals surface area contributed by atoms with Crippen molar-refractivity contribution in [2.75, 3.05) is 5.75 Å². The highest BCUT2D eigenvalue weighted by Crippen LogP contribution is 2.14. The summed E-state index contributed by atoms with van der Waals surface area (Å²) in [5, 5.41) is 3.46. The summed E-state index contributed by atoms with van der Waals surface area (Å²) in [7, 11) is 0. The minimum atomic E-state index is -0.128. The number of hydrogen-bond donors (Lipinski definition) is 1. The second kappa shape index (κ2) is 6.95. The Balaban J connectivity index is 2.01. The predicted molar refractivity (Wildman–Crippen MR) is 81.9 cm³/mol. The van der Waals surface area contributed by atoms with E-state index in [1.165, 1.54) is 0 Å². The zero-order chi connectivity index (χ0) is 13.5. The summed E-state index contributed by atoms with van der Waals surface area (Å²) in [5.74, 6) is 0.836. The van der Waals surface area contributed by atoms with Crippen LogP contribution in [0.25, 0.3) is 6.08 Å². The standard InChI is InChI=1S/C15H16N2OS/c1-2-11-19-15-16-13(14(18)17-15)10-6-9-12-7-4-3-5-8-12/h3-10H,2,11H2,1H3,(H,16,17,18)/b9-6+,13-10-. The van der Waals surface area contributed by atoms with Crippen LogP contribution < -0.4 is 5.32 Å². The van der Waals surface area contributed by atoms with Gasteiger partial charge in [0.05, 0.1) is 0 Å². The van der Waals surface area contributed by atoms with E-state index < -0.39 is 0 Å². The average Bonchev–Trinajstić information content (AvgIpc) is 2.78. The monoisotopic (exact) mass is 272 g/mol. The third-order valence-electron chi connectivity index (χ3n) is 2.46. The van der Waals surface area contributed by atoms with Crippen molar-refractivity contribution in [1.82, 2.24) is 5.32 Å². The number of nitrogens with one attached hydrogen (secondary N) is 1. The number of hydrogen-bond acceptors (Lipinski definition) is 3. The first-order chi connectivity index (χ1) is 9.29. The van der Waals surface area contributed by atoms with Gasteiger partial charge in [-0.05, 0) is 18.1 Å². The molecule has 0 fully saturated rings. The van der Waals surface area contributed by atoms with Crippen molar-refractivity contribution in [1.29, 1.82) is 0 Å². The van der Waals surface area contributed by atoms with Gasteiger partial charge in [0.25, 0.3) is 5.91 Å². The zero-order valence-corrected chi connectivity index (χ0v) is 11.6. The average molecular weight is 272 g/mol. The van der Waals surface area contributed by atoms with Crippen LogP contribution in [0.1, 0.15) is 18.9 Å². The molecule has 1 aromatic carbocycles. The molecule has 1 aliphatic rings. The maximum absolute atomic E-state index is 11.6. The number of thioether (sulfide) groups is 1. The quantitative estimate of drug-likeness (QED) is 0.855. The smallest absolute Gasteiger partial charge is 0.275 e. The summed E-state index contributed by atoms with van der Waals surface area (Å²) >= 11 is 1.57. The van der Waals surface area contributed by atoms with Gasteiger partial charge in [0.2, 0.25) is 0 Å². The van der Waals surface area contributed by atoms with Crippen molar-refractivity contribution in [3.05, 3.63) is 53.7 Å². The van der Waals surface area contributed by atoms with Crippen LogP contribution in [0.3, 0.4) is 0 Å². The van der Waals surface area contributed by atoms with Gasteiger partial charge in [0.1, 0.15) is 5.70 Å². The molecule has 1 N–H and O–H groups in total. The molecule has 0 saturated carbocycles. The molecular formula is C15H16N2OS. The van der Waals surface area contributed by atoms with Crippen LogP contribution in [0.2, 0.25) is 0 Å². The molecule has 1 aliphatic heterocycles. The van der Waals surface area contributed by atoms with Gasteiger partial charge < -0.3 is 0 Å². The van der Waals surface area contributed by atoms with Gasteiger partial charge >= 0.3 is 0 Å². The van der Waals surface area contributed by atoms with Gasteiger partial charge in [-0.3, -0.25) is 10.1 Å². The van der Waals surface area contributed by atoms with E-state index >= 15 is 0 Å². The van der Waals surface area contributed by atoms with Gasteiger partial charge in [-0.25, -0.2) is 4.99 Å². The Hall–Kier alpha value is -1.81. The number of benzene rings is 1. The third kappa shape index (κ3) is 4.10. The van der Waals surface area contributed by atoms with Gasteiger partial charge in [-0.1, -0.05) is 61.2 Å². The summed E-state index contributed by atoms with van der Waals surface area (Å²) in [4.78, 5) is 15.9. The molecule has 3 nitrogen and oxygen atoms in total. The van der Waals surface area contributed by atoms with Crippen LogP contribution in [0.4, 0.5) is 0 Å². The Bertz CT molecular complexity index is 532. The number of rotatable bonds is 4. The Labute approximate surface area is 117 Å². The van der Waals surface area contributed by atoms with E-state index in [4.69, 9.17) is 0 Å². The van der Waals surface area contributed by atoms with Crippen LogP contribution in [-0.2, 0) is 4.79 Å². The number of amidine groups is 1. The molecule has 1 heterocycles. The van der Waals surface area contributed by atoms with Crippen LogP contribution >= 0.6 is 11.8 Å². The molecule has 4 heteroatoms. The van der Waals surface area contributed by atoms with Crippen LogP contribution in [-0.4, -0.2) is 16.8 Å². The fourth-order valence-corrected chi connectivity index (χ4v) is 2.27. The number of allylic oxidation sites excluding steroid dienone is 2. The SMILES string of the molecule is CCCSC1=N/C(=C\C=C\c2ccccc2)C(=O)N1. The van der Waals surface area contributed by atoms with E-state index in [-0.39, 0.29) is 5.91 Å². The van der Waals surface area contributed by atoms with Gasteiger partial charge in [0, 0.05) is 5.75 Å². The second-order valence-corrected chi connectivity index (χ2v) is 5.12. The molecule has 19 heavy (non-hydrogen) atoms. The lowest BCUT2D eigenvalue weighted by molar-refractivity contribution is -0.115. The maximum atomic E-state index is 11.6. The molecule has 0 aromatic heterocycles. The molecule has 0 bridgehead atoms. The van der Waals surface area contributed by atoms with Gasteiger partial charge in [-0.15, -0.1) is 0 Å². The molecule has 98 valence electrons. The number of carbonyl (C=O) groups is 1. The normalized spacial score (nSPS) is 17.0. The second-order valence-electron chi connectivity index (χ2n) is 4.04. The number of carbonyl (C=O) groups excluding carboxylic acids is 1. The summed E-state index contributed by atoms with van der Waals surface area (Å²) in [5.41, 5.74) is 1.56. The van der Waals surface area contributed by atoms with E-state index in [2.05, 4.69) is 17.2 Å². The van der Waals surface area contributed by atoms with Crippen molar-refractivity contribution < 1.29 is 4.79 Å². The van der Waals surface area contributed by atoms with Crippen LogP contribution in [0.15, 0.2) is 53.2 Å². The van der Waals surface area contributed by atoms with Crippen LogP contribution in [0, 0.1) is 0 Å². The first-order valence-electron chi connectivity index (χ1n) is 6.26.